The fourth-order valence-corrected chi connectivity index (χ4v) is 2.41. The minimum atomic E-state index is -0.998. The Bertz CT molecular complexity index is 565. The van der Waals surface area contributed by atoms with Crippen LogP contribution < -0.4 is 5.32 Å². The van der Waals surface area contributed by atoms with Gasteiger partial charge >= 0.3 is 5.97 Å². The Balaban J connectivity index is 2.28. The molecular formula is C14H15Cl2NO3. The second-order valence-electron chi connectivity index (χ2n) is 5.04. The molecular weight excluding hydrogens is 301 g/mol. The van der Waals surface area contributed by atoms with E-state index in [1.165, 1.54) is 12.1 Å². The van der Waals surface area contributed by atoms with Crippen molar-refractivity contribution >= 4 is 35.0 Å². The molecule has 0 aromatic heterocycles. The number of nitrogens with one attached hydrogen (secondary N) is 1. The van der Waals surface area contributed by atoms with Crippen molar-refractivity contribution in [3.05, 3.63) is 33.3 Å². The lowest BCUT2D eigenvalue weighted by atomic mass is 10.00. The lowest BCUT2D eigenvalue weighted by Crippen LogP contribution is -2.45. The molecule has 0 amide bonds. The van der Waals surface area contributed by atoms with E-state index in [1.54, 1.807) is 13.8 Å². The summed E-state index contributed by atoms with van der Waals surface area (Å²) in [4.78, 5) is 24.1. The number of halogens is 2. The Morgan fingerprint density at radius 3 is 2.40 bits per heavy atom. The van der Waals surface area contributed by atoms with E-state index in [0.29, 0.717) is 27.6 Å². The van der Waals surface area contributed by atoms with Crippen LogP contribution in [0.2, 0.25) is 10.0 Å². The Kier molecular flexibility index (Phi) is 4.09. The van der Waals surface area contributed by atoms with E-state index in [4.69, 9.17) is 27.9 Å². The number of ketones is 1. The van der Waals surface area contributed by atoms with Crippen LogP contribution in [0.4, 0.5) is 0 Å². The fourth-order valence-electron chi connectivity index (χ4n) is 1.92. The smallest absolute Gasteiger partial charge is 0.328 e. The first-order valence-electron chi connectivity index (χ1n) is 6.27. The van der Waals surface area contributed by atoms with Gasteiger partial charge in [0.1, 0.15) is 5.54 Å². The number of hydrogen-bond donors (Lipinski definition) is 1. The van der Waals surface area contributed by atoms with Gasteiger partial charge in [0.15, 0.2) is 0 Å². The van der Waals surface area contributed by atoms with Crippen molar-refractivity contribution in [2.24, 2.45) is 0 Å². The predicted octanol–water partition coefficient (Wildman–Crippen LogP) is 3.13. The molecule has 1 N–H and O–H groups in total. The highest BCUT2D eigenvalue weighted by Gasteiger charge is 2.46. The number of ether oxygens (including phenoxy) is 1. The molecule has 1 saturated heterocycles. The Morgan fingerprint density at radius 1 is 1.40 bits per heavy atom. The van der Waals surface area contributed by atoms with Gasteiger partial charge in [-0.05, 0) is 38.0 Å². The molecule has 1 aromatic rings. The second-order valence-corrected chi connectivity index (χ2v) is 5.86. The number of esters is 1. The maximum atomic E-state index is 12.4. The molecule has 2 rings (SSSR count). The van der Waals surface area contributed by atoms with Gasteiger partial charge in [0.2, 0.25) is 12.0 Å². The van der Waals surface area contributed by atoms with E-state index in [-0.39, 0.29) is 5.78 Å². The van der Waals surface area contributed by atoms with Gasteiger partial charge < -0.3 is 4.74 Å². The number of benzene rings is 1. The average Bonchev–Trinajstić information content (AvgIpc) is 2.71. The highest BCUT2D eigenvalue weighted by Crippen LogP contribution is 2.28. The van der Waals surface area contributed by atoms with Crippen molar-refractivity contribution < 1.29 is 14.3 Å². The van der Waals surface area contributed by atoms with Crippen LogP contribution in [-0.2, 0) is 9.53 Å². The minimum Gasteiger partial charge on any atom is -0.437 e. The first-order valence-corrected chi connectivity index (χ1v) is 7.02. The van der Waals surface area contributed by atoms with Crippen LogP contribution in [-0.4, -0.2) is 23.5 Å². The van der Waals surface area contributed by atoms with Crippen molar-refractivity contribution in [1.82, 2.24) is 5.32 Å². The molecule has 2 atom stereocenters. The minimum absolute atomic E-state index is 0.316. The Morgan fingerprint density at radius 2 is 1.95 bits per heavy atom. The molecule has 20 heavy (non-hydrogen) atoms. The summed E-state index contributed by atoms with van der Waals surface area (Å²) in [5.41, 5.74) is 0.189. The molecule has 1 aliphatic heterocycles. The second kappa shape index (κ2) is 5.35. The van der Waals surface area contributed by atoms with E-state index < -0.39 is 17.7 Å². The van der Waals surface area contributed by atoms with Crippen LogP contribution in [0.3, 0.4) is 0 Å². The zero-order chi connectivity index (χ0) is 15.1. The quantitative estimate of drug-likeness (QED) is 0.687. The van der Waals surface area contributed by atoms with Crippen LogP contribution in [0.1, 0.15) is 36.2 Å². The fraction of sp³-hybridized carbons (Fsp3) is 0.429. The first kappa shape index (κ1) is 15.3. The number of Topliss-reactive ketones (excluding diaryl/α,β-unsaturated/α-hetero) is 1. The van der Waals surface area contributed by atoms with E-state index in [0.717, 1.165) is 0 Å². The van der Waals surface area contributed by atoms with Gasteiger partial charge in [0.25, 0.3) is 0 Å². The van der Waals surface area contributed by atoms with E-state index >= 15 is 0 Å². The van der Waals surface area contributed by atoms with Gasteiger partial charge in [-0.1, -0.05) is 30.1 Å². The SMILES string of the molecule is CCC1(C)NC(C(=O)c2cc(Cl)c(C)c(Cl)c2)OC1=O. The number of hydrogen-bond acceptors (Lipinski definition) is 4. The molecule has 1 fully saturated rings. The maximum absolute atomic E-state index is 12.4. The molecule has 0 saturated carbocycles. The normalized spacial score (nSPS) is 25.6. The lowest BCUT2D eigenvalue weighted by molar-refractivity contribution is -0.143. The van der Waals surface area contributed by atoms with E-state index in [1.807, 2.05) is 6.92 Å². The van der Waals surface area contributed by atoms with Crippen LogP contribution >= 0.6 is 23.2 Å². The van der Waals surface area contributed by atoms with Crippen molar-refractivity contribution in [1.29, 1.82) is 0 Å². The van der Waals surface area contributed by atoms with Gasteiger partial charge in [0, 0.05) is 15.6 Å². The molecule has 4 nitrogen and oxygen atoms in total. The summed E-state index contributed by atoms with van der Waals surface area (Å²) in [5, 5.41) is 3.72. The van der Waals surface area contributed by atoms with E-state index in [9.17, 15) is 9.59 Å². The third-order valence-corrected chi connectivity index (χ3v) is 4.42. The Hall–Kier alpha value is -1.10. The lowest BCUT2D eigenvalue weighted by Gasteiger charge is -2.17. The molecule has 0 radical (unpaired) electrons. The highest BCUT2D eigenvalue weighted by atomic mass is 35.5. The molecule has 6 heteroatoms. The van der Waals surface area contributed by atoms with Crippen LogP contribution in [0.15, 0.2) is 12.1 Å². The van der Waals surface area contributed by atoms with Gasteiger partial charge in [-0.2, -0.15) is 0 Å². The molecule has 0 spiro atoms. The van der Waals surface area contributed by atoms with Crippen LogP contribution in [0.5, 0.6) is 0 Å². The van der Waals surface area contributed by atoms with E-state index in [2.05, 4.69) is 5.32 Å². The molecule has 0 aliphatic carbocycles. The van der Waals surface area contributed by atoms with Gasteiger partial charge in [0.05, 0.1) is 0 Å². The molecule has 1 aromatic carbocycles. The summed E-state index contributed by atoms with van der Waals surface area (Å²) in [6.45, 7) is 5.32. The van der Waals surface area contributed by atoms with Crippen LogP contribution in [0, 0.1) is 6.92 Å². The summed E-state index contributed by atoms with van der Waals surface area (Å²) in [5.74, 6) is -0.790. The third kappa shape index (κ3) is 2.55. The Labute approximate surface area is 127 Å². The summed E-state index contributed by atoms with van der Waals surface area (Å²) in [7, 11) is 0. The number of rotatable bonds is 3. The molecule has 1 heterocycles. The van der Waals surface area contributed by atoms with Gasteiger partial charge in [-0.15, -0.1) is 0 Å². The van der Waals surface area contributed by atoms with Gasteiger partial charge in [-0.25, -0.2) is 4.79 Å². The number of carbonyl (C=O) groups excluding carboxylic acids is 2. The van der Waals surface area contributed by atoms with Crippen molar-refractivity contribution in [2.75, 3.05) is 0 Å². The monoisotopic (exact) mass is 315 g/mol. The molecule has 108 valence electrons. The summed E-state index contributed by atoms with van der Waals surface area (Å²) in [6.07, 6.45) is -0.465. The zero-order valence-electron chi connectivity index (χ0n) is 11.4. The van der Waals surface area contributed by atoms with Crippen LogP contribution in [0.25, 0.3) is 0 Å². The van der Waals surface area contributed by atoms with Crippen molar-refractivity contribution in [3.63, 3.8) is 0 Å². The molecule has 0 bridgehead atoms. The average molecular weight is 316 g/mol. The largest absolute Gasteiger partial charge is 0.437 e. The highest BCUT2D eigenvalue weighted by molar-refractivity contribution is 6.36. The summed E-state index contributed by atoms with van der Waals surface area (Å²) < 4.78 is 5.11. The summed E-state index contributed by atoms with van der Waals surface area (Å²) in [6, 6.07) is 3.06. The molecule has 1 aliphatic rings. The topological polar surface area (TPSA) is 55.4 Å². The standard InChI is InChI=1S/C14H15Cl2NO3/c1-4-14(3)13(19)20-12(17-14)11(18)8-5-9(15)7(2)10(16)6-8/h5-6,12,17H,4H2,1-3H3. The maximum Gasteiger partial charge on any atom is 0.328 e. The van der Waals surface area contributed by atoms with Gasteiger partial charge in [-0.3, -0.25) is 10.1 Å². The third-order valence-electron chi connectivity index (χ3n) is 3.64. The predicted molar refractivity (Wildman–Crippen MR) is 77.2 cm³/mol. The zero-order valence-corrected chi connectivity index (χ0v) is 12.9. The van der Waals surface area contributed by atoms with Crippen molar-refractivity contribution in [2.45, 2.75) is 39.0 Å². The first-order chi connectivity index (χ1) is 9.28. The summed E-state index contributed by atoms with van der Waals surface area (Å²) >= 11 is 12.0. The molecule has 2 unspecified atom stereocenters. The number of cyclic esters (lactones) is 1. The number of carbonyl (C=O) groups is 2. The van der Waals surface area contributed by atoms with Crippen molar-refractivity contribution in [3.8, 4) is 0 Å².